The summed E-state index contributed by atoms with van der Waals surface area (Å²) in [6.07, 6.45) is 7.47. The monoisotopic (exact) mass is 247 g/mol. The molecule has 0 aromatic carbocycles. The van der Waals surface area contributed by atoms with Gasteiger partial charge in [0.15, 0.2) is 0 Å². The number of nitrogens with one attached hydrogen (secondary N) is 1. The van der Waals surface area contributed by atoms with Crippen LogP contribution in [0.25, 0.3) is 5.69 Å². The molecule has 0 saturated carbocycles. The van der Waals surface area contributed by atoms with E-state index < -0.39 is 11.9 Å². The van der Waals surface area contributed by atoms with Gasteiger partial charge in [-0.15, -0.1) is 0 Å². The zero-order valence-electron chi connectivity index (χ0n) is 9.61. The van der Waals surface area contributed by atoms with Crippen LogP contribution in [0.1, 0.15) is 6.42 Å². The normalized spacial score (nSPS) is 10.2. The first-order chi connectivity index (χ1) is 8.65. The van der Waals surface area contributed by atoms with E-state index in [1.54, 1.807) is 10.9 Å². The standard InChI is InChI=1S/C11H13N5O2/c12-11(18)14-10(17)3-6-16-8-9(7-13-16)15-4-1-2-5-15/h1-2,4-5,7-8H,3,6H2,(H3,12,14,17,18). The molecule has 0 aliphatic heterocycles. The van der Waals surface area contributed by atoms with Gasteiger partial charge in [-0.25, -0.2) is 4.79 Å². The predicted molar refractivity (Wildman–Crippen MR) is 63.9 cm³/mol. The molecule has 0 atom stereocenters. The maximum absolute atomic E-state index is 11.2. The van der Waals surface area contributed by atoms with Gasteiger partial charge in [0.1, 0.15) is 0 Å². The number of nitrogens with zero attached hydrogens (tertiary/aromatic N) is 3. The lowest BCUT2D eigenvalue weighted by Crippen LogP contribution is -2.35. The highest BCUT2D eigenvalue weighted by Gasteiger charge is 2.05. The van der Waals surface area contributed by atoms with E-state index in [4.69, 9.17) is 5.73 Å². The molecule has 2 rings (SSSR count). The van der Waals surface area contributed by atoms with Gasteiger partial charge in [0, 0.05) is 31.6 Å². The molecule has 0 saturated heterocycles. The van der Waals surface area contributed by atoms with Crippen molar-refractivity contribution in [3.05, 3.63) is 36.9 Å². The Morgan fingerprint density at radius 1 is 1.33 bits per heavy atom. The zero-order chi connectivity index (χ0) is 13.0. The van der Waals surface area contributed by atoms with Crippen molar-refractivity contribution in [2.45, 2.75) is 13.0 Å². The molecule has 18 heavy (non-hydrogen) atoms. The Morgan fingerprint density at radius 2 is 2.06 bits per heavy atom. The third-order valence-electron chi connectivity index (χ3n) is 2.35. The SMILES string of the molecule is NC(=O)NC(=O)CCn1cc(-n2cccc2)cn1. The third-order valence-corrected chi connectivity index (χ3v) is 2.35. The van der Waals surface area contributed by atoms with Crippen LogP contribution in [0.4, 0.5) is 4.79 Å². The molecule has 2 heterocycles. The van der Waals surface area contributed by atoms with E-state index in [1.165, 1.54) is 0 Å². The van der Waals surface area contributed by atoms with Crippen molar-refractivity contribution >= 4 is 11.9 Å². The number of carbonyl (C=O) groups excluding carboxylic acids is 2. The summed E-state index contributed by atoms with van der Waals surface area (Å²) < 4.78 is 3.54. The Morgan fingerprint density at radius 3 is 2.72 bits per heavy atom. The molecule has 0 fully saturated rings. The van der Waals surface area contributed by atoms with Crippen LogP contribution in [-0.4, -0.2) is 26.3 Å². The molecule has 3 amide bonds. The molecule has 2 aromatic rings. The molecule has 0 unspecified atom stereocenters. The summed E-state index contributed by atoms with van der Waals surface area (Å²) in [5.41, 5.74) is 5.75. The number of nitrogens with two attached hydrogens (primary N) is 1. The molecule has 0 aliphatic rings. The lowest BCUT2D eigenvalue weighted by Gasteiger charge is -2.01. The van der Waals surface area contributed by atoms with Crippen LogP contribution in [0.5, 0.6) is 0 Å². The number of carbonyl (C=O) groups is 2. The second-order valence-corrected chi connectivity index (χ2v) is 3.71. The largest absolute Gasteiger partial charge is 0.351 e. The van der Waals surface area contributed by atoms with Gasteiger partial charge in [-0.1, -0.05) is 0 Å². The Kier molecular flexibility index (Phi) is 3.42. The van der Waals surface area contributed by atoms with Crippen molar-refractivity contribution in [2.75, 3.05) is 0 Å². The molecule has 7 nitrogen and oxygen atoms in total. The average Bonchev–Trinajstić information content (AvgIpc) is 2.96. The van der Waals surface area contributed by atoms with Gasteiger partial charge in [-0.05, 0) is 12.1 Å². The fraction of sp³-hybridized carbons (Fsp3) is 0.182. The maximum atomic E-state index is 11.2. The fourth-order valence-electron chi connectivity index (χ4n) is 1.53. The molecule has 7 heteroatoms. The first-order valence-corrected chi connectivity index (χ1v) is 5.40. The van der Waals surface area contributed by atoms with Crippen LogP contribution in [-0.2, 0) is 11.3 Å². The summed E-state index contributed by atoms with van der Waals surface area (Å²) >= 11 is 0. The Bertz CT molecular complexity index is 544. The first-order valence-electron chi connectivity index (χ1n) is 5.40. The van der Waals surface area contributed by atoms with Crippen molar-refractivity contribution in [2.24, 2.45) is 5.73 Å². The number of hydrogen-bond acceptors (Lipinski definition) is 3. The van der Waals surface area contributed by atoms with Crippen molar-refractivity contribution in [1.29, 1.82) is 0 Å². The summed E-state index contributed by atoms with van der Waals surface area (Å²) in [5.74, 6) is -0.416. The number of rotatable bonds is 4. The number of hydrogen-bond donors (Lipinski definition) is 2. The highest BCUT2D eigenvalue weighted by molar-refractivity contribution is 5.93. The van der Waals surface area contributed by atoms with Crippen LogP contribution in [0, 0.1) is 0 Å². The summed E-state index contributed by atoms with van der Waals surface area (Å²) in [6, 6.07) is 2.99. The van der Waals surface area contributed by atoms with E-state index in [-0.39, 0.29) is 6.42 Å². The third kappa shape index (κ3) is 2.97. The van der Waals surface area contributed by atoms with Gasteiger partial charge in [0.2, 0.25) is 5.91 Å². The molecule has 0 radical (unpaired) electrons. The maximum Gasteiger partial charge on any atom is 0.318 e. The number of primary amides is 1. The average molecular weight is 247 g/mol. The van der Waals surface area contributed by atoms with Crippen molar-refractivity contribution in [3.63, 3.8) is 0 Å². The molecule has 3 N–H and O–H groups in total. The predicted octanol–water partition coefficient (Wildman–Crippen LogP) is 0.259. The topological polar surface area (TPSA) is 94.9 Å². The molecule has 94 valence electrons. The minimum absolute atomic E-state index is 0.149. The fourth-order valence-corrected chi connectivity index (χ4v) is 1.53. The van der Waals surface area contributed by atoms with E-state index in [9.17, 15) is 9.59 Å². The van der Waals surface area contributed by atoms with Crippen LogP contribution in [0.15, 0.2) is 36.9 Å². The number of urea groups is 1. The summed E-state index contributed by atoms with van der Waals surface area (Å²) in [7, 11) is 0. The number of aryl methyl sites for hydroxylation is 1. The van der Waals surface area contributed by atoms with Gasteiger partial charge < -0.3 is 10.3 Å². The molecule has 2 aromatic heterocycles. The quantitative estimate of drug-likeness (QED) is 0.811. The van der Waals surface area contributed by atoms with Crippen LogP contribution in [0.2, 0.25) is 0 Å². The molecular weight excluding hydrogens is 234 g/mol. The van der Waals surface area contributed by atoms with Gasteiger partial charge in [0.05, 0.1) is 11.9 Å². The minimum atomic E-state index is -0.839. The van der Waals surface area contributed by atoms with Crippen LogP contribution in [0.3, 0.4) is 0 Å². The number of amides is 3. The highest BCUT2D eigenvalue weighted by Crippen LogP contribution is 2.06. The summed E-state index contributed by atoms with van der Waals surface area (Å²) in [4.78, 5) is 21.6. The lowest BCUT2D eigenvalue weighted by molar-refractivity contribution is -0.120. The Hall–Kier alpha value is -2.57. The van der Waals surface area contributed by atoms with E-state index in [1.807, 2.05) is 40.6 Å². The van der Waals surface area contributed by atoms with Gasteiger partial charge in [-0.3, -0.25) is 14.8 Å². The van der Waals surface area contributed by atoms with Crippen molar-refractivity contribution in [1.82, 2.24) is 19.7 Å². The first kappa shape index (κ1) is 11.9. The minimum Gasteiger partial charge on any atom is -0.351 e. The molecule has 0 spiro atoms. The van der Waals surface area contributed by atoms with Gasteiger partial charge >= 0.3 is 6.03 Å². The van der Waals surface area contributed by atoms with E-state index >= 15 is 0 Å². The number of imide groups is 1. The van der Waals surface area contributed by atoms with Crippen LogP contribution < -0.4 is 11.1 Å². The van der Waals surface area contributed by atoms with Crippen LogP contribution >= 0.6 is 0 Å². The molecule has 0 bridgehead atoms. The van der Waals surface area contributed by atoms with E-state index in [0.29, 0.717) is 6.54 Å². The molecular formula is C11H13N5O2. The summed E-state index contributed by atoms with van der Waals surface area (Å²) in [5, 5.41) is 6.12. The second-order valence-electron chi connectivity index (χ2n) is 3.71. The second kappa shape index (κ2) is 5.17. The lowest BCUT2D eigenvalue weighted by atomic mass is 10.4. The smallest absolute Gasteiger partial charge is 0.318 e. The van der Waals surface area contributed by atoms with Gasteiger partial charge in [0.25, 0.3) is 0 Å². The van der Waals surface area contributed by atoms with Crippen molar-refractivity contribution in [3.8, 4) is 5.69 Å². The zero-order valence-corrected chi connectivity index (χ0v) is 9.61. The van der Waals surface area contributed by atoms with E-state index in [0.717, 1.165) is 5.69 Å². The summed E-state index contributed by atoms with van der Waals surface area (Å²) in [6.45, 7) is 0.389. The highest BCUT2D eigenvalue weighted by atomic mass is 16.2. The van der Waals surface area contributed by atoms with Gasteiger partial charge in [-0.2, -0.15) is 5.10 Å². The number of aromatic nitrogens is 3. The van der Waals surface area contributed by atoms with Crippen molar-refractivity contribution < 1.29 is 9.59 Å². The molecule has 0 aliphatic carbocycles. The Labute approximate surface area is 103 Å². The Balaban J connectivity index is 1.91. The van der Waals surface area contributed by atoms with E-state index in [2.05, 4.69) is 5.10 Å².